The van der Waals surface area contributed by atoms with Crippen LogP contribution in [0.5, 0.6) is 0 Å². The minimum Gasteiger partial charge on any atom is -0.339 e. The summed E-state index contributed by atoms with van der Waals surface area (Å²) in [5, 5.41) is 4.09. The van der Waals surface area contributed by atoms with E-state index in [2.05, 4.69) is 48.3 Å². The summed E-state index contributed by atoms with van der Waals surface area (Å²) in [5.74, 6) is 1.79. The van der Waals surface area contributed by atoms with Crippen LogP contribution in [0.15, 0.2) is 28.8 Å². The van der Waals surface area contributed by atoms with Crippen LogP contribution in [0.2, 0.25) is 0 Å². The number of benzene rings is 1. The van der Waals surface area contributed by atoms with E-state index in [0.717, 1.165) is 37.4 Å². The molecule has 2 aromatic rings. The Morgan fingerprint density at radius 2 is 2.05 bits per heavy atom. The van der Waals surface area contributed by atoms with Crippen LogP contribution in [0.25, 0.3) is 0 Å². The molecule has 0 bridgehead atoms. The van der Waals surface area contributed by atoms with Crippen molar-refractivity contribution in [3.05, 3.63) is 47.1 Å². The van der Waals surface area contributed by atoms with Crippen molar-refractivity contribution in [1.82, 2.24) is 10.1 Å². The van der Waals surface area contributed by atoms with E-state index in [1.54, 1.807) is 0 Å². The molecule has 1 aromatic carbocycles. The van der Waals surface area contributed by atoms with Crippen LogP contribution in [0.4, 0.5) is 0 Å². The predicted molar refractivity (Wildman–Crippen MR) is 84.2 cm³/mol. The summed E-state index contributed by atoms with van der Waals surface area (Å²) >= 11 is 0. The van der Waals surface area contributed by atoms with Crippen LogP contribution in [0.1, 0.15) is 61.9 Å². The summed E-state index contributed by atoms with van der Waals surface area (Å²) < 4.78 is 5.39. The van der Waals surface area contributed by atoms with E-state index in [1.165, 1.54) is 11.1 Å². The predicted octanol–water partition coefficient (Wildman–Crippen LogP) is 3.59. The minimum absolute atomic E-state index is 0.261. The van der Waals surface area contributed by atoms with Gasteiger partial charge in [-0.3, -0.25) is 0 Å². The summed E-state index contributed by atoms with van der Waals surface area (Å²) in [6, 6.07) is 8.65. The molecular formula is C17H25N3O. The summed E-state index contributed by atoms with van der Waals surface area (Å²) in [5.41, 5.74) is 8.23. The summed E-state index contributed by atoms with van der Waals surface area (Å²) in [7, 11) is 0. The standard InChI is InChI=1S/C17H25N3O/c1-12-6-4-9-15(10-12)11-16-19-17(21-20-16)13(2)7-5-8-14(3)18/h4,6,9-10,13-14H,5,7-8,11,18H2,1-3H3. The number of hydrogen-bond acceptors (Lipinski definition) is 4. The molecule has 0 amide bonds. The van der Waals surface area contributed by atoms with Crippen molar-refractivity contribution < 1.29 is 4.52 Å². The highest BCUT2D eigenvalue weighted by Gasteiger charge is 2.14. The zero-order chi connectivity index (χ0) is 15.2. The molecule has 0 aliphatic carbocycles. The quantitative estimate of drug-likeness (QED) is 0.845. The van der Waals surface area contributed by atoms with Crippen molar-refractivity contribution >= 4 is 0 Å². The minimum atomic E-state index is 0.261. The van der Waals surface area contributed by atoms with Gasteiger partial charge in [0.15, 0.2) is 5.82 Å². The number of nitrogens with two attached hydrogens (primary N) is 1. The monoisotopic (exact) mass is 287 g/mol. The Morgan fingerprint density at radius 1 is 1.24 bits per heavy atom. The van der Waals surface area contributed by atoms with Crippen LogP contribution in [0, 0.1) is 6.92 Å². The molecule has 0 radical (unpaired) electrons. The van der Waals surface area contributed by atoms with Crippen molar-refractivity contribution in [2.24, 2.45) is 5.73 Å². The molecular weight excluding hydrogens is 262 g/mol. The average molecular weight is 287 g/mol. The van der Waals surface area contributed by atoms with E-state index in [4.69, 9.17) is 10.3 Å². The molecule has 2 rings (SSSR count). The highest BCUT2D eigenvalue weighted by molar-refractivity contribution is 5.24. The van der Waals surface area contributed by atoms with Gasteiger partial charge in [0.2, 0.25) is 5.89 Å². The summed E-state index contributed by atoms with van der Waals surface area (Å²) in [6.07, 6.45) is 3.88. The van der Waals surface area contributed by atoms with Crippen LogP contribution < -0.4 is 5.73 Å². The molecule has 4 nitrogen and oxygen atoms in total. The first-order chi connectivity index (χ1) is 10.0. The number of aryl methyl sites for hydroxylation is 1. The molecule has 0 saturated carbocycles. The van der Waals surface area contributed by atoms with E-state index in [-0.39, 0.29) is 6.04 Å². The molecule has 1 aromatic heterocycles. The first-order valence-corrected chi connectivity index (χ1v) is 7.68. The van der Waals surface area contributed by atoms with Gasteiger partial charge in [-0.2, -0.15) is 4.98 Å². The van der Waals surface area contributed by atoms with Crippen molar-refractivity contribution in [2.75, 3.05) is 0 Å². The fraction of sp³-hybridized carbons (Fsp3) is 0.529. The molecule has 0 aliphatic rings. The third-order valence-electron chi connectivity index (χ3n) is 3.65. The van der Waals surface area contributed by atoms with Crippen molar-refractivity contribution in [1.29, 1.82) is 0 Å². The summed E-state index contributed by atoms with van der Waals surface area (Å²) in [6.45, 7) is 6.26. The Morgan fingerprint density at radius 3 is 2.76 bits per heavy atom. The Kier molecular flexibility index (Phi) is 5.51. The van der Waals surface area contributed by atoms with E-state index < -0.39 is 0 Å². The Bertz CT molecular complexity index is 563. The van der Waals surface area contributed by atoms with E-state index in [1.807, 2.05) is 6.92 Å². The lowest BCUT2D eigenvalue weighted by molar-refractivity contribution is 0.346. The van der Waals surface area contributed by atoms with Crippen molar-refractivity contribution in [3.63, 3.8) is 0 Å². The van der Waals surface area contributed by atoms with E-state index >= 15 is 0 Å². The molecule has 21 heavy (non-hydrogen) atoms. The highest BCUT2D eigenvalue weighted by atomic mass is 16.5. The number of hydrogen-bond donors (Lipinski definition) is 1. The second-order valence-corrected chi connectivity index (χ2v) is 6.02. The van der Waals surface area contributed by atoms with Gasteiger partial charge >= 0.3 is 0 Å². The maximum absolute atomic E-state index is 5.77. The van der Waals surface area contributed by atoms with Crippen LogP contribution in [-0.2, 0) is 6.42 Å². The molecule has 1 heterocycles. The van der Waals surface area contributed by atoms with Gasteiger partial charge in [-0.1, -0.05) is 48.3 Å². The lowest BCUT2D eigenvalue weighted by Crippen LogP contribution is -2.14. The average Bonchev–Trinajstić information content (AvgIpc) is 2.87. The fourth-order valence-corrected chi connectivity index (χ4v) is 2.41. The smallest absolute Gasteiger partial charge is 0.229 e. The molecule has 0 saturated heterocycles. The van der Waals surface area contributed by atoms with Gasteiger partial charge in [0.25, 0.3) is 0 Å². The third-order valence-corrected chi connectivity index (χ3v) is 3.65. The second-order valence-electron chi connectivity index (χ2n) is 6.02. The van der Waals surface area contributed by atoms with Crippen molar-refractivity contribution in [3.8, 4) is 0 Å². The third kappa shape index (κ3) is 4.97. The topological polar surface area (TPSA) is 64.9 Å². The first-order valence-electron chi connectivity index (χ1n) is 7.68. The van der Waals surface area contributed by atoms with Crippen LogP contribution in [0.3, 0.4) is 0 Å². The van der Waals surface area contributed by atoms with Gasteiger partial charge in [0, 0.05) is 18.4 Å². The Balaban J connectivity index is 1.91. The number of nitrogens with zero attached hydrogens (tertiary/aromatic N) is 2. The molecule has 0 fully saturated rings. The van der Waals surface area contributed by atoms with Gasteiger partial charge in [0.1, 0.15) is 0 Å². The molecule has 2 unspecified atom stereocenters. The van der Waals surface area contributed by atoms with E-state index in [0.29, 0.717) is 5.92 Å². The molecule has 0 aliphatic heterocycles. The molecule has 0 spiro atoms. The van der Waals surface area contributed by atoms with Crippen LogP contribution in [-0.4, -0.2) is 16.2 Å². The Hall–Kier alpha value is -1.68. The first kappa shape index (κ1) is 15.7. The largest absolute Gasteiger partial charge is 0.339 e. The highest BCUT2D eigenvalue weighted by Crippen LogP contribution is 2.20. The molecule has 2 atom stereocenters. The van der Waals surface area contributed by atoms with Gasteiger partial charge < -0.3 is 10.3 Å². The molecule has 4 heteroatoms. The lowest BCUT2D eigenvalue weighted by Gasteiger charge is -2.07. The zero-order valence-corrected chi connectivity index (χ0v) is 13.2. The number of aromatic nitrogens is 2. The second kappa shape index (κ2) is 7.36. The van der Waals surface area contributed by atoms with E-state index in [9.17, 15) is 0 Å². The van der Waals surface area contributed by atoms with Gasteiger partial charge in [-0.05, 0) is 32.3 Å². The molecule has 114 valence electrons. The van der Waals surface area contributed by atoms with Gasteiger partial charge in [-0.15, -0.1) is 0 Å². The zero-order valence-electron chi connectivity index (χ0n) is 13.2. The van der Waals surface area contributed by atoms with Gasteiger partial charge in [-0.25, -0.2) is 0 Å². The van der Waals surface area contributed by atoms with Gasteiger partial charge in [0.05, 0.1) is 0 Å². The maximum atomic E-state index is 5.77. The SMILES string of the molecule is Cc1cccc(Cc2noc(C(C)CCCC(C)N)n2)c1. The summed E-state index contributed by atoms with van der Waals surface area (Å²) in [4.78, 5) is 4.52. The number of rotatable bonds is 7. The fourth-order valence-electron chi connectivity index (χ4n) is 2.41. The maximum Gasteiger partial charge on any atom is 0.229 e. The normalized spacial score (nSPS) is 14.1. The molecule has 2 N–H and O–H groups in total. The van der Waals surface area contributed by atoms with Crippen LogP contribution >= 0.6 is 0 Å². The Labute approximate surface area is 126 Å². The lowest BCUT2D eigenvalue weighted by atomic mass is 10.0. The van der Waals surface area contributed by atoms with Crippen molar-refractivity contribution in [2.45, 2.75) is 58.4 Å².